The maximum atomic E-state index is 6.09. The molecule has 0 bridgehead atoms. The molecule has 0 saturated heterocycles. The van der Waals surface area contributed by atoms with E-state index >= 15 is 0 Å². The van der Waals surface area contributed by atoms with E-state index in [4.69, 9.17) is 19.4 Å². The molecule has 0 aliphatic rings. The van der Waals surface area contributed by atoms with Gasteiger partial charge in [-0.3, -0.25) is 0 Å². The van der Waals surface area contributed by atoms with Crippen molar-refractivity contribution in [2.24, 2.45) is 0 Å². The Balaban J connectivity index is 1.29. The maximum Gasteiger partial charge on any atom is 0.164 e. The first kappa shape index (κ1) is 21.2. The average Bonchev–Trinajstić information content (AvgIpc) is 3.36. The van der Waals surface area contributed by atoms with E-state index in [0.29, 0.717) is 17.5 Å². The summed E-state index contributed by atoms with van der Waals surface area (Å²) in [5, 5.41) is 2.26. The highest BCUT2D eigenvalue weighted by molar-refractivity contribution is 6.05. The van der Waals surface area contributed by atoms with Gasteiger partial charge in [-0.25, -0.2) is 15.0 Å². The lowest BCUT2D eigenvalue weighted by Gasteiger charge is -2.09. The molecule has 0 saturated carbocycles. The van der Waals surface area contributed by atoms with Gasteiger partial charge in [0.1, 0.15) is 11.2 Å². The van der Waals surface area contributed by atoms with Crippen LogP contribution in [0, 0.1) is 0 Å². The lowest BCUT2D eigenvalue weighted by atomic mass is 10.0. The molecular weight excluding hydrogens is 454 g/mol. The Hall–Kier alpha value is -5.09. The minimum absolute atomic E-state index is 0.645. The third kappa shape index (κ3) is 3.95. The second-order valence-corrected chi connectivity index (χ2v) is 8.92. The molecule has 7 rings (SSSR count). The number of hydrogen-bond acceptors (Lipinski definition) is 4. The summed E-state index contributed by atoms with van der Waals surface area (Å²) < 4.78 is 6.09. The molecule has 0 radical (unpaired) electrons. The molecule has 37 heavy (non-hydrogen) atoms. The third-order valence-electron chi connectivity index (χ3n) is 6.55. The van der Waals surface area contributed by atoms with Crippen LogP contribution in [0.2, 0.25) is 0 Å². The van der Waals surface area contributed by atoms with Gasteiger partial charge in [-0.15, -0.1) is 0 Å². The van der Waals surface area contributed by atoms with Gasteiger partial charge < -0.3 is 4.42 Å². The minimum Gasteiger partial charge on any atom is -0.456 e. The summed E-state index contributed by atoms with van der Waals surface area (Å²) in [6.45, 7) is 0. The highest BCUT2D eigenvalue weighted by atomic mass is 16.3. The topological polar surface area (TPSA) is 51.8 Å². The molecule has 0 atom stereocenters. The zero-order chi connectivity index (χ0) is 24.6. The molecule has 7 aromatic rings. The van der Waals surface area contributed by atoms with E-state index in [-0.39, 0.29) is 0 Å². The van der Waals surface area contributed by atoms with E-state index in [0.717, 1.165) is 49.8 Å². The van der Waals surface area contributed by atoms with Crippen molar-refractivity contribution in [3.05, 3.63) is 127 Å². The number of nitrogens with zero attached hydrogens (tertiary/aromatic N) is 3. The molecule has 2 aromatic heterocycles. The van der Waals surface area contributed by atoms with E-state index in [9.17, 15) is 0 Å². The number of fused-ring (bicyclic) bond motifs is 3. The molecule has 0 aliphatic heterocycles. The van der Waals surface area contributed by atoms with Crippen LogP contribution in [-0.4, -0.2) is 15.0 Å². The van der Waals surface area contributed by atoms with Crippen LogP contribution in [0.1, 0.15) is 0 Å². The quantitative estimate of drug-likeness (QED) is 0.256. The lowest BCUT2D eigenvalue weighted by Crippen LogP contribution is -2.00. The van der Waals surface area contributed by atoms with Gasteiger partial charge in [0.15, 0.2) is 17.5 Å². The lowest BCUT2D eigenvalue weighted by molar-refractivity contribution is 0.669. The second kappa shape index (κ2) is 8.85. The maximum absolute atomic E-state index is 6.09. The van der Waals surface area contributed by atoms with Gasteiger partial charge in [-0.2, -0.15) is 0 Å². The van der Waals surface area contributed by atoms with Crippen molar-refractivity contribution in [2.45, 2.75) is 0 Å². The van der Waals surface area contributed by atoms with E-state index in [2.05, 4.69) is 48.5 Å². The Morgan fingerprint density at radius 3 is 1.43 bits per heavy atom. The number of hydrogen-bond donors (Lipinski definition) is 0. The van der Waals surface area contributed by atoms with Gasteiger partial charge in [0, 0.05) is 27.5 Å². The van der Waals surface area contributed by atoms with Crippen molar-refractivity contribution in [3.63, 3.8) is 0 Å². The molecule has 0 fully saturated rings. The molecule has 0 amide bonds. The van der Waals surface area contributed by atoms with E-state index in [1.165, 1.54) is 0 Å². The fourth-order valence-electron chi connectivity index (χ4n) is 4.65. The molecule has 174 valence electrons. The van der Waals surface area contributed by atoms with E-state index in [1.54, 1.807) is 0 Å². The molecule has 4 heteroatoms. The first-order valence-corrected chi connectivity index (χ1v) is 12.2. The highest BCUT2D eigenvalue weighted by Gasteiger charge is 2.13. The van der Waals surface area contributed by atoms with Gasteiger partial charge >= 0.3 is 0 Å². The van der Waals surface area contributed by atoms with E-state index in [1.807, 2.05) is 78.9 Å². The van der Waals surface area contributed by atoms with Crippen LogP contribution in [-0.2, 0) is 0 Å². The molecule has 0 N–H and O–H groups in total. The predicted octanol–water partition coefficient (Wildman–Crippen LogP) is 8.44. The number of rotatable bonds is 4. The molecule has 0 spiro atoms. The first-order chi connectivity index (χ1) is 18.3. The summed E-state index contributed by atoms with van der Waals surface area (Å²) in [5.74, 6) is 1.96. The number of para-hydroxylation sites is 1. The van der Waals surface area contributed by atoms with Crippen LogP contribution in [0.5, 0.6) is 0 Å². The van der Waals surface area contributed by atoms with Crippen molar-refractivity contribution in [2.75, 3.05) is 0 Å². The molecular formula is C33H21N3O. The highest BCUT2D eigenvalue weighted by Crippen LogP contribution is 2.33. The number of furan rings is 1. The fraction of sp³-hybridized carbons (Fsp3) is 0. The summed E-state index contributed by atoms with van der Waals surface area (Å²) in [7, 11) is 0. The third-order valence-corrected chi connectivity index (χ3v) is 6.55. The number of benzene rings is 5. The fourth-order valence-corrected chi connectivity index (χ4v) is 4.65. The van der Waals surface area contributed by atoms with Gasteiger partial charge in [0.2, 0.25) is 0 Å². The first-order valence-electron chi connectivity index (χ1n) is 12.2. The van der Waals surface area contributed by atoms with Gasteiger partial charge in [0.05, 0.1) is 0 Å². The molecule has 5 aromatic carbocycles. The molecule has 4 nitrogen and oxygen atoms in total. The molecule has 0 unspecified atom stereocenters. The summed E-state index contributed by atoms with van der Waals surface area (Å²) in [5.41, 5.74) is 6.85. The molecule has 0 aliphatic carbocycles. The second-order valence-electron chi connectivity index (χ2n) is 8.92. The smallest absolute Gasteiger partial charge is 0.164 e. The molecule has 2 heterocycles. The zero-order valence-corrected chi connectivity index (χ0v) is 19.9. The Labute approximate surface area is 213 Å². The summed E-state index contributed by atoms with van der Waals surface area (Å²) in [6.07, 6.45) is 0. The van der Waals surface area contributed by atoms with Crippen molar-refractivity contribution in [1.29, 1.82) is 0 Å². The SMILES string of the molecule is c1ccc(-c2nc(-c3ccccc3)nc(-c3ccc(-c4ccc5c(c4)oc4ccccc45)cc3)n2)cc1. The normalized spacial score (nSPS) is 11.2. The van der Waals surface area contributed by atoms with Crippen molar-refractivity contribution in [3.8, 4) is 45.3 Å². The Morgan fingerprint density at radius 1 is 0.351 bits per heavy atom. The van der Waals surface area contributed by atoms with Crippen molar-refractivity contribution < 1.29 is 4.42 Å². The zero-order valence-electron chi connectivity index (χ0n) is 19.9. The van der Waals surface area contributed by atoms with Gasteiger partial charge in [-0.05, 0) is 29.3 Å². The Bertz CT molecular complexity index is 1800. The van der Waals surface area contributed by atoms with Crippen LogP contribution in [0.3, 0.4) is 0 Å². The minimum atomic E-state index is 0.645. The van der Waals surface area contributed by atoms with Gasteiger partial charge in [0.25, 0.3) is 0 Å². The Kier molecular flexibility index (Phi) is 5.07. The van der Waals surface area contributed by atoms with Crippen molar-refractivity contribution >= 4 is 21.9 Å². The van der Waals surface area contributed by atoms with Crippen LogP contribution < -0.4 is 0 Å². The summed E-state index contributed by atoms with van der Waals surface area (Å²) in [4.78, 5) is 14.4. The predicted molar refractivity (Wildman–Crippen MR) is 149 cm³/mol. The van der Waals surface area contributed by atoms with Gasteiger partial charge in [-0.1, -0.05) is 109 Å². The summed E-state index contributed by atoms with van der Waals surface area (Å²) in [6, 6.07) is 42.9. The van der Waals surface area contributed by atoms with Crippen LogP contribution in [0.4, 0.5) is 0 Å². The van der Waals surface area contributed by atoms with E-state index < -0.39 is 0 Å². The largest absolute Gasteiger partial charge is 0.456 e. The van der Waals surface area contributed by atoms with Crippen LogP contribution in [0.15, 0.2) is 132 Å². The van der Waals surface area contributed by atoms with Crippen LogP contribution in [0.25, 0.3) is 67.2 Å². The average molecular weight is 476 g/mol. The van der Waals surface area contributed by atoms with Crippen LogP contribution >= 0.6 is 0 Å². The summed E-state index contributed by atoms with van der Waals surface area (Å²) >= 11 is 0. The monoisotopic (exact) mass is 475 g/mol. The number of aromatic nitrogens is 3. The van der Waals surface area contributed by atoms with Crippen molar-refractivity contribution in [1.82, 2.24) is 15.0 Å². The Morgan fingerprint density at radius 2 is 0.811 bits per heavy atom. The standard InChI is InChI=1S/C33H21N3O/c1-3-9-23(10-4-1)31-34-32(24-11-5-2-6-12-24)36-33(35-31)25-17-15-22(16-18-25)26-19-20-28-27-13-7-8-14-29(27)37-30(28)21-26/h1-21H.